The Labute approximate surface area is 87.0 Å². The SMILES string of the molecule is CC(C)(C)OC(=O)C[C]1CCCCC1. The van der Waals surface area contributed by atoms with E-state index in [9.17, 15) is 4.79 Å². The van der Waals surface area contributed by atoms with Crippen LogP contribution >= 0.6 is 0 Å². The number of carbonyl (C=O) groups excluding carboxylic acids is 1. The molecule has 1 radical (unpaired) electrons. The molecule has 0 spiro atoms. The molecule has 2 nitrogen and oxygen atoms in total. The van der Waals surface area contributed by atoms with Crippen LogP contribution in [0.3, 0.4) is 0 Å². The van der Waals surface area contributed by atoms with E-state index in [0.29, 0.717) is 6.42 Å². The van der Waals surface area contributed by atoms with Gasteiger partial charge < -0.3 is 4.74 Å². The fourth-order valence-corrected chi connectivity index (χ4v) is 1.81. The Morgan fingerprint density at radius 1 is 1.21 bits per heavy atom. The highest BCUT2D eigenvalue weighted by molar-refractivity contribution is 5.72. The third-order valence-corrected chi connectivity index (χ3v) is 2.38. The third-order valence-electron chi connectivity index (χ3n) is 2.38. The summed E-state index contributed by atoms with van der Waals surface area (Å²) < 4.78 is 5.28. The van der Waals surface area contributed by atoms with E-state index in [1.807, 2.05) is 20.8 Å². The summed E-state index contributed by atoms with van der Waals surface area (Å²) in [6.45, 7) is 5.74. The zero-order valence-electron chi connectivity index (χ0n) is 9.56. The number of hydrogen-bond acceptors (Lipinski definition) is 2. The smallest absolute Gasteiger partial charge is 0.306 e. The van der Waals surface area contributed by atoms with Gasteiger partial charge in [-0.25, -0.2) is 0 Å². The minimum Gasteiger partial charge on any atom is -0.460 e. The molecular weight excluding hydrogens is 176 g/mol. The average molecular weight is 197 g/mol. The molecule has 0 aliphatic heterocycles. The first-order valence-corrected chi connectivity index (χ1v) is 5.53. The van der Waals surface area contributed by atoms with Crippen molar-refractivity contribution >= 4 is 5.97 Å². The van der Waals surface area contributed by atoms with Gasteiger partial charge in [-0.3, -0.25) is 4.79 Å². The predicted molar refractivity (Wildman–Crippen MR) is 56.8 cm³/mol. The van der Waals surface area contributed by atoms with Gasteiger partial charge >= 0.3 is 5.97 Å². The van der Waals surface area contributed by atoms with Gasteiger partial charge in [0.05, 0.1) is 6.42 Å². The van der Waals surface area contributed by atoms with Gasteiger partial charge in [0.1, 0.15) is 5.60 Å². The first kappa shape index (κ1) is 11.5. The lowest BCUT2D eigenvalue weighted by molar-refractivity contribution is -0.154. The zero-order chi connectivity index (χ0) is 10.6. The molecule has 0 bridgehead atoms. The average Bonchev–Trinajstić information content (AvgIpc) is 2.02. The minimum absolute atomic E-state index is 0.0607. The van der Waals surface area contributed by atoms with Crippen LogP contribution in [0.15, 0.2) is 0 Å². The highest BCUT2D eigenvalue weighted by atomic mass is 16.6. The predicted octanol–water partition coefficient (Wildman–Crippen LogP) is 3.26. The van der Waals surface area contributed by atoms with E-state index in [-0.39, 0.29) is 11.6 Å². The number of rotatable bonds is 2. The van der Waals surface area contributed by atoms with Crippen LogP contribution in [0.5, 0.6) is 0 Å². The summed E-state index contributed by atoms with van der Waals surface area (Å²) in [4.78, 5) is 11.5. The molecule has 0 N–H and O–H groups in total. The number of hydrogen-bond donors (Lipinski definition) is 0. The summed E-state index contributed by atoms with van der Waals surface area (Å²) in [5, 5.41) is 0. The lowest BCUT2D eigenvalue weighted by atomic mass is 9.87. The van der Waals surface area contributed by atoms with Crippen LogP contribution in [0.1, 0.15) is 59.3 Å². The molecule has 0 amide bonds. The Kier molecular flexibility index (Phi) is 3.97. The molecule has 0 atom stereocenters. The normalized spacial score (nSPS) is 19.4. The largest absolute Gasteiger partial charge is 0.460 e. The molecule has 0 saturated heterocycles. The first-order valence-electron chi connectivity index (χ1n) is 5.53. The van der Waals surface area contributed by atoms with Crippen LogP contribution in [-0.2, 0) is 9.53 Å². The van der Waals surface area contributed by atoms with Crippen molar-refractivity contribution in [1.29, 1.82) is 0 Å². The summed E-state index contributed by atoms with van der Waals surface area (Å²) in [5.41, 5.74) is -0.341. The standard InChI is InChI=1S/C12H21O2/c1-12(2,3)14-11(13)9-10-7-5-4-6-8-10/h4-9H2,1-3H3. The van der Waals surface area contributed by atoms with Gasteiger partial charge in [-0.05, 0) is 39.5 Å². The second kappa shape index (κ2) is 4.81. The van der Waals surface area contributed by atoms with Gasteiger partial charge in [-0.1, -0.05) is 19.3 Å². The van der Waals surface area contributed by atoms with Crippen molar-refractivity contribution in [2.75, 3.05) is 0 Å². The van der Waals surface area contributed by atoms with Gasteiger partial charge in [-0.15, -0.1) is 0 Å². The number of esters is 1. The van der Waals surface area contributed by atoms with E-state index in [4.69, 9.17) is 4.74 Å². The van der Waals surface area contributed by atoms with E-state index in [2.05, 4.69) is 0 Å². The third kappa shape index (κ3) is 4.64. The monoisotopic (exact) mass is 197 g/mol. The second-order valence-corrected chi connectivity index (χ2v) is 5.07. The number of carbonyl (C=O) groups is 1. The molecule has 1 aliphatic carbocycles. The molecule has 1 saturated carbocycles. The lowest BCUT2D eigenvalue weighted by Gasteiger charge is -2.23. The fourth-order valence-electron chi connectivity index (χ4n) is 1.81. The summed E-state index contributed by atoms with van der Waals surface area (Å²) >= 11 is 0. The van der Waals surface area contributed by atoms with Crippen molar-refractivity contribution in [2.45, 2.75) is 64.9 Å². The maximum absolute atomic E-state index is 11.5. The summed E-state index contributed by atoms with van der Waals surface area (Å²) in [5.74, 6) is 1.32. The van der Waals surface area contributed by atoms with Crippen molar-refractivity contribution < 1.29 is 9.53 Å². The molecule has 81 valence electrons. The van der Waals surface area contributed by atoms with Gasteiger partial charge in [-0.2, -0.15) is 0 Å². The molecular formula is C12H21O2. The summed E-state index contributed by atoms with van der Waals surface area (Å²) in [6.07, 6.45) is 6.60. The van der Waals surface area contributed by atoms with Gasteiger partial charge in [0.2, 0.25) is 0 Å². The van der Waals surface area contributed by atoms with Crippen LogP contribution in [0.4, 0.5) is 0 Å². The van der Waals surface area contributed by atoms with Crippen LogP contribution < -0.4 is 0 Å². The Bertz CT molecular complexity index is 185. The Hall–Kier alpha value is -0.530. The van der Waals surface area contributed by atoms with E-state index in [1.165, 1.54) is 25.2 Å². The molecule has 2 heteroatoms. The second-order valence-electron chi connectivity index (χ2n) is 5.07. The molecule has 1 rings (SSSR count). The number of ether oxygens (including phenoxy) is 1. The molecule has 1 aliphatic rings. The highest BCUT2D eigenvalue weighted by Gasteiger charge is 2.21. The van der Waals surface area contributed by atoms with Gasteiger partial charge in [0, 0.05) is 0 Å². The van der Waals surface area contributed by atoms with E-state index in [0.717, 1.165) is 12.8 Å². The van der Waals surface area contributed by atoms with E-state index in [1.54, 1.807) is 0 Å². The quantitative estimate of drug-likeness (QED) is 0.635. The summed E-state index contributed by atoms with van der Waals surface area (Å²) in [6, 6.07) is 0. The maximum atomic E-state index is 11.5. The van der Waals surface area contributed by atoms with Crippen LogP contribution in [0.2, 0.25) is 0 Å². The van der Waals surface area contributed by atoms with Crippen molar-refractivity contribution in [2.24, 2.45) is 0 Å². The molecule has 0 aromatic heterocycles. The Morgan fingerprint density at radius 2 is 1.79 bits per heavy atom. The maximum Gasteiger partial charge on any atom is 0.306 e. The Morgan fingerprint density at radius 3 is 2.29 bits per heavy atom. The van der Waals surface area contributed by atoms with Crippen LogP contribution in [0.25, 0.3) is 0 Å². The first-order chi connectivity index (χ1) is 6.47. The molecule has 0 aromatic rings. The fraction of sp³-hybridized carbons (Fsp3) is 0.833. The highest BCUT2D eigenvalue weighted by Crippen LogP contribution is 2.28. The van der Waals surface area contributed by atoms with Crippen LogP contribution in [0, 0.1) is 5.92 Å². The van der Waals surface area contributed by atoms with Gasteiger partial charge in [0.25, 0.3) is 0 Å². The summed E-state index contributed by atoms with van der Waals surface area (Å²) in [7, 11) is 0. The Balaban J connectivity index is 2.25. The zero-order valence-corrected chi connectivity index (χ0v) is 9.56. The van der Waals surface area contributed by atoms with Crippen molar-refractivity contribution in [3.8, 4) is 0 Å². The molecule has 14 heavy (non-hydrogen) atoms. The van der Waals surface area contributed by atoms with Crippen LogP contribution in [-0.4, -0.2) is 11.6 Å². The van der Waals surface area contributed by atoms with Crippen molar-refractivity contribution in [3.05, 3.63) is 5.92 Å². The van der Waals surface area contributed by atoms with Gasteiger partial charge in [0.15, 0.2) is 0 Å². The van der Waals surface area contributed by atoms with Crippen molar-refractivity contribution in [3.63, 3.8) is 0 Å². The topological polar surface area (TPSA) is 26.3 Å². The van der Waals surface area contributed by atoms with E-state index >= 15 is 0 Å². The molecule has 0 unspecified atom stereocenters. The molecule has 0 aromatic carbocycles. The minimum atomic E-state index is -0.341. The molecule has 1 fully saturated rings. The van der Waals surface area contributed by atoms with Crippen molar-refractivity contribution in [1.82, 2.24) is 0 Å². The lowest BCUT2D eigenvalue weighted by Crippen LogP contribution is -2.25. The van der Waals surface area contributed by atoms with E-state index < -0.39 is 0 Å². The molecule has 0 heterocycles.